The van der Waals surface area contributed by atoms with Crippen molar-refractivity contribution in [1.82, 2.24) is 0 Å². The van der Waals surface area contributed by atoms with Crippen molar-refractivity contribution in [3.8, 4) is 0 Å². The Balaban J connectivity index is 2.10. The molecule has 1 heterocycles. The van der Waals surface area contributed by atoms with Crippen LogP contribution in [-0.2, 0) is 11.8 Å². The Hall–Kier alpha value is -0.160. The third-order valence-corrected chi connectivity index (χ3v) is 6.69. The van der Waals surface area contributed by atoms with Crippen molar-refractivity contribution in [2.45, 2.75) is 38.6 Å². The average Bonchev–Trinajstić information content (AvgIpc) is 2.69. The van der Waals surface area contributed by atoms with Gasteiger partial charge in [0.15, 0.2) is 0 Å². The number of hydrogen-bond donors (Lipinski definition) is 1. The van der Waals surface area contributed by atoms with Gasteiger partial charge < -0.3 is 5.73 Å². The molecule has 1 unspecified atom stereocenters. The van der Waals surface area contributed by atoms with Crippen molar-refractivity contribution in [3.63, 3.8) is 0 Å². The zero-order chi connectivity index (χ0) is 14.9. The normalized spacial score (nSPS) is 13.5. The van der Waals surface area contributed by atoms with Gasteiger partial charge in [-0.1, -0.05) is 45.0 Å². The van der Waals surface area contributed by atoms with Crippen LogP contribution in [0.4, 0.5) is 0 Å². The van der Waals surface area contributed by atoms with Crippen LogP contribution < -0.4 is 5.73 Å². The van der Waals surface area contributed by atoms with Crippen LogP contribution in [0.2, 0.25) is 0 Å². The maximum absolute atomic E-state index is 6.30. The van der Waals surface area contributed by atoms with Gasteiger partial charge in [0.05, 0.1) is 3.79 Å². The van der Waals surface area contributed by atoms with Gasteiger partial charge in [0.2, 0.25) is 0 Å². The molecule has 0 amide bonds. The van der Waals surface area contributed by atoms with Crippen LogP contribution in [0.15, 0.2) is 38.6 Å². The number of nitrogens with two attached hydrogens (primary N) is 1. The van der Waals surface area contributed by atoms with Gasteiger partial charge >= 0.3 is 0 Å². The molecule has 0 aliphatic carbocycles. The highest BCUT2D eigenvalue weighted by molar-refractivity contribution is 9.13. The molecule has 2 N–H and O–H groups in total. The van der Waals surface area contributed by atoms with Gasteiger partial charge in [0.1, 0.15) is 0 Å². The molecule has 1 aromatic heterocycles. The summed E-state index contributed by atoms with van der Waals surface area (Å²) in [6.07, 6.45) is 0.865. The lowest BCUT2D eigenvalue weighted by atomic mass is 9.86. The van der Waals surface area contributed by atoms with Crippen LogP contribution in [0.1, 0.15) is 42.8 Å². The van der Waals surface area contributed by atoms with E-state index >= 15 is 0 Å². The van der Waals surface area contributed by atoms with E-state index in [1.165, 1.54) is 16.0 Å². The Morgan fingerprint density at radius 3 is 2.20 bits per heavy atom. The summed E-state index contributed by atoms with van der Waals surface area (Å²) in [6.45, 7) is 6.69. The molecule has 0 fully saturated rings. The maximum Gasteiger partial charge on any atom is 0.0843 e. The zero-order valence-electron chi connectivity index (χ0n) is 11.9. The molecular formula is C16H19Br2NS. The van der Waals surface area contributed by atoms with E-state index in [9.17, 15) is 0 Å². The number of rotatable bonds is 3. The van der Waals surface area contributed by atoms with Crippen molar-refractivity contribution in [1.29, 1.82) is 0 Å². The van der Waals surface area contributed by atoms with Crippen molar-refractivity contribution >= 4 is 43.2 Å². The first kappa shape index (κ1) is 16.2. The van der Waals surface area contributed by atoms with E-state index in [1.54, 1.807) is 11.3 Å². The third-order valence-electron chi connectivity index (χ3n) is 3.31. The zero-order valence-corrected chi connectivity index (χ0v) is 15.9. The average molecular weight is 417 g/mol. The molecule has 0 bridgehead atoms. The minimum atomic E-state index is 0.0445. The number of halogens is 2. The first-order valence-corrected chi connectivity index (χ1v) is 8.97. The summed E-state index contributed by atoms with van der Waals surface area (Å²) in [5, 5.41) is 0. The van der Waals surface area contributed by atoms with Crippen LogP contribution in [0, 0.1) is 0 Å². The molecule has 2 rings (SSSR count). The van der Waals surface area contributed by atoms with Crippen molar-refractivity contribution in [3.05, 3.63) is 54.6 Å². The highest BCUT2D eigenvalue weighted by Crippen LogP contribution is 2.35. The van der Waals surface area contributed by atoms with Crippen molar-refractivity contribution in [2.24, 2.45) is 5.73 Å². The topological polar surface area (TPSA) is 26.0 Å². The highest BCUT2D eigenvalue weighted by atomic mass is 79.9. The van der Waals surface area contributed by atoms with Gasteiger partial charge in [-0.2, -0.15) is 0 Å². The molecular weight excluding hydrogens is 398 g/mol. The second kappa shape index (κ2) is 6.30. The lowest BCUT2D eigenvalue weighted by Crippen LogP contribution is -2.13. The van der Waals surface area contributed by atoms with Gasteiger partial charge in [-0.25, -0.2) is 0 Å². The van der Waals surface area contributed by atoms with E-state index in [-0.39, 0.29) is 11.5 Å². The Morgan fingerprint density at radius 2 is 1.75 bits per heavy atom. The smallest absolute Gasteiger partial charge is 0.0843 e. The van der Waals surface area contributed by atoms with Gasteiger partial charge in [0, 0.05) is 15.4 Å². The van der Waals surface area contributed by atoms with Gasteiger partial charge in [-0.3, -0.25) is 0 Å². The molecule has 0 saturated heterocycles. The molecule has 1 nitrogen and oxygen atoms in total. The van der Waals surface area contributed by atoms with Gasteiger partial charge in [-0.15, -0.1) is 11.3 Å². The molecule has 0 spiro atoms. The summed E-state index contributed by atoms with van der Waals surface area (Å²) in [5.74, 6) is 0. The lowest BCUT2D eigenvalue weighted by molar-refractivity contribution is 0.589. The highest BCUT2D eigenvalue weighted by Gasteiger charge is 2.15. The van der Waals surface area contributed by atoms with E-state index in [0.717, 1.165) is 14.7 Å². The molecule has 108 valence electrons. The van der Waals surface area contributed by atoms with Crippen LogP contribution in [0.5, 0.6) is 0 Å². The van der Waals surface area contributed by atoms with E-state index in [2.05, 4.69) is 83.0 Å². The van der Waals surface area contributed by atoms with Crippen LogP contribution in [-0.4, -0.2) is 0 Å². The summed E-state index contributed by atoms with van der Waals surface area (Å²) in [4.78, 5) is 1.20. The van der Waals surface area contributed by atoms with Gasteiger partial charge in [0.25, 0.3) is 0 Å². The Bertz CT molecular complexity index is 562. The number of benzene rings is 1. The van der Waals surface area contributed by atoms with Crippen molar-refractivity contribution in [2.75, 3.05) is 0 Å². The number of hydrogen-bond acceptors (Lipinski definition) is 2. The van der Waals surface area contributed by atoms with E-state index in [0.29, 0.717) is 0 Å². The predicted octanol–water partition coefficient (Wildman–Crippen LogP) is 5.81. The Morgan fingerprint density at radius 1 is 1.15 bits per heavy atom. The summed E-state index contributed by atoms with van der Waals surface area (Å²) in [6, 6.07) is 11.0. The molecule has 2 aromatic rings. The quantitative estimate of drug-likeness (QED) is 0.670. The molecule has 0 aliphatic rings. The molecule has 0 aliphatic heterocycles. The van der Waals surface area contributed by atoms with Crippen LogP contribution >= 0.6 is 43.2 Å². The maximum atomic E-state index is 6.30. The largest absolute Gasteiger partial charge is 0.323 e. The second-order valence-corrected chi connectivity index (χ2v) is 9.28. The summed E-state index contributed by atoms with van der Waals surface area (Å²) >= 11 is 8.72. The van der Waals surface area contributed by atoms with Crippen LogP contribution in [0.3, 0.4) is 0 Å². The molecule has 1 aromatic carbocycles. The third kappa shape index (κ3) is 3.94. The summed E-state index contributed by atoms with van der Waals surface area (Å²) in [5.41, 5.74) is 9.14. The lowest BCUT2D eigenvalue weighted by Gasteiger charge is -2.19. The molecule has 20 heavy (non-hydrogen) atoms. The molecule has 1 atom stereocenters. The standard InChI is InChI=1S/C16H19Br2NS/c1-16(2,3)11-6-4-10(5-7-11)8-13(19)14-9-12(17)15(18)20-14/h4-7,9,13H,8,19H2,1-3H3. The Labute approximate surface area is 141 Å². The summed E-state index contributed by atoms with van der Waals surface area (Å²) in [7, 11) is 0. The SMILES string of the molecule is CC(C)(C)c1ccc(CC(N)c2cc(Br)c(Br)s2)cc1. The van der Waals surface area contributed by atoms with Crippen molar-refractivity contribution < 1.29 is 0 Å². The monoisotopic (exact) mass is 415 g/mol. The Kier molecular flexibility index (Phi) is 5.11. The number of thiophene rings is 1. The first-order chi connectivity index (χ1) is 9.27. The van der Waals surface area contributed by atoms with Crippen LogP contribution in [0.25, 0.3) is 0 Å². The second-order valence-electron chi connectivity index (χ2n) is 6.03. The first-order valence-electron chi connectivity index (χ1n) is 6.57. The molecule has 0 radical (unpaired) electrons. The van der Waals surface area contributed by atoms with Gasteiger partial charge in [-0.05, 0) is 60.9 Å². The fraction of sp³-hybridized carbons (Fsp3) is 0.375. The predicted molar refractivity (Wildman–Crippen MR) is 95.5 cm³/mol. The van der Waals surface area contributed by atoms with E-state index in [1.807, 2.05) is 0 Å². The fourth-order valence-electron chi connectivity index (χ4n) is 2.04. The fourth-order valence-corrected chi connectivity index (χ4v) is 4.13. The van der Waals surface area contributed by atoms with E-state index in [4.69, 9.17) is 5.73 Å². The molecule has 4 heteroatoms. The summed E-state index contributed by atoms with van der Waals surface area (Å²) < 4.78 is 2.18. The minimum Gasteiger partial charge on any atom is -0.323 e. The minimum absolute atomic E-state index is 0.0445. The molecule has 0 saturated carbocycles. The van der Waals surface area contributed by atoms with E-state index < -0.39 is 0 Å².